The Hall–Kier alpha value is -0.0400. The Morgan fingerprint density at radius 3 is 2.31 bits per heavy atom. The fraction of sp³-hybridized carbons (Fsp3) is 1.00. The molecule has 78 valence electrons. The van der Waals surface area contributed by atoms with Crippen molar-refractivity contribution in [3.05, 3.63) is 0 Å². The van der Waals surface area contributed by atoms with Crippen LogP contribution >= 0.6 is 0 Å². The molecular weight excluding hydrogens is 160 g/mol. The summed E-state index contributed by atoms with van der Waals surface area (Å²) >= 11 is 0. The van der Waals surface area contributed by atoms with Crippen LogP contribution in [0.3, 0.4) is 0 Å². The normalized spacial score (nSPS) is 20.8. The molecule has 1 aliphatic carbocycles. The van der Waals surface area contributed by atoms with E-state index in [1.54, 1.807) is 0 Å². The molecule has 1 heteroatoms. The lowest BCUT2D eigenvalue weighted by Crippen LogP contribution is -2.29. The van der Waals surface area contributed by atoms with Crippen LogP contribution in [0, 0.1) is 0 Å². The van der Waals surface area contributed by atoms with Crippen molar-refractivity contribution in [2.75, 3.05) is 6.61 Å². The molecule has 0 aromatic heterocycles. The van der Waals surface area contributed by atoms with Crippen molar-refractivity contribution < 1.29 is 4.74 Å². The van der Waals surface area contributed by atoms with Crippen molar-refractivity contribution in [3.63, 3.8) is 0 Å². The first-order valence-electron chi connectivity index (χ1n) is 5.97. The molecule has 1 saturated carbocycles. The van der Waals surface area contributed by atoms with Crippen LogP contribution in [-0.2, 0) is 4.74 Å². The highest BCUT2D eigenvalue weighted by atomic mass is 16.5. The second kappa shape index (κ2) is 5.64. The Balaban J connectivity index is 2.28. The first-order valence-corrected chi connectivity index (χ1v) is 5.97. The Bertz CT molecular complexity index is 125. The van der Waals surface area contributed by atoms with Crippen LogP contribution in [0.15, 0.2) is 0 Å². The molecule has 1 aliphatic rings. The van der Waals surface area contributed by atoms with Gasteiger partial charge >= 0.3 is 0 Å². The molecule has 0 atom stereocenters. The van der Waals surface area contributed by atoms with E-state index in [1.807, 2.05) is 0 Å². The molecule has 0 heterocycles. The van der Waals surface area contributed by atoms with E-state index in [1.165, 1.54) is 51.4 Å². The van der Waals surface area contributed by atoms with Gasteiger partial charge in [0.05, 0.1) is 5.60 Å². The SMILES string of the molecule is CCCCOC1(CCC)CCCC1. The van der Waals surface area contributed by atoms with Gasteiger partial charge in [-0.25, -0.2) is 0 Å². The van der Waals surface area contributed by atoms with Crippen LogP contribution in [0.1, 0.15) is 65.2 Å². The second-order valence-electron chi connectivity index (χ2n) is 4.34. The molecule has 13 heavy (non-hydrogen) atoms. The summed E-state index contributed by atoms with van der Waals surface area (Å²) in [4.78, 5) is 0. The minimum Gasteiger partial charge on any atom is -0.375 e. The van der Waals surface area contributed by atoms with Gasteiger partial charge in [-0.15, -0.1) is 0 Å². The van der Waals surface area contributed by atoms with Gasteiger partial charge in [0.2, 0.25) is 0 Å². The van der Waals surface area contributed by atoms with Crippen molar-refractivity contribution in [3.8, 4) is 0 Å². The van der Waals surface area contributed by atoms with Gasteiger partial charge in [-0.3, -0.25) is 0 Å². The molecule has 0 N–H and O–H groups in total. The molecule has 1 fully saturated rings. The zero-order valence-corrected chi connectivity index (χ0v) is 9.27. The van der Waals surface area contributed by atoms with Gasteiger partial charge in [0, 0.05) is 6.61 Å². The Morgan fingerprint density at radius 2 is 1.77 bits per heavy atom. The molecule has 0 amide bonds. The highest BCUT2D eigenvalue weighted by Gasteiger charge is 2.33. The largest absolute Gasteiger partial charge is 0.375 e. The standard InChI is InChI=1S/C12H24O/c1-3-5-11-13-12(8-4-2)9-6-7-10-12/h3-11H2,1-2H3. The van der Waals surface area contributed by atoms with Crippen LogP contribution in [-0.4, -0.2) is 12.2 Å². The average Bonchev–Trinajstić information content (AvgIpc) is 2.55. The maximum Gasteiger partial charge on any atom is 0.0682 e. The summed E-state index contributed by atoms with van der Waals surface area (Å²) in [6.07, 6.45) is 10.4. The van der Waals surface area contributed by atoms with E-state index in [4.69, 9.17) is 4.74 Å². The quantitative estimate of drug-likeness (QED) is 0.569. The summed E-state index contributed by atoms with van der Waals surface area (Å²) in [7, 11) is 0. The smallest absolute Gasteiger partial charge is 0.0682 e. The number of unbranched alkanes of at least 4 members (excludes halogenated alkanes) is 1. The minimum absolute atomic E-state index is 0.296. The van der Waals surface area contributed by atoms with E-state index in [9.17, 15) is 0 Å². The number of hydrogen-bond acceptors (Lipinski definition) is 1. The van der Waals surface area contributed by atoms with E-state index in [0.29, 0.717) is 5.60 Å². The monoisotopic (exact) mass is 184 g/mol. The zero-order valence-electron chi connectivity index (χ0n) is 9.27. The second-order valence-corrected chi connectivity index (χ2v) is 4.34. The predicted molar refractivity (Wildman–Crippen MR) is 57.0 cm³/mol. The van der Waals surface area contributed by atoms with Crippen molar-refractivity contribution in [2.24, 2.45) is 0 Å². The van der Waals surface area contributed by atoms with Gasteiger partial charge in [0.15, 0.2) is 0 Å². The van der Waals surface area contributed by atoms with Crippen molar-refractivity contribution in [2.45, 2.75) is 70.8 Å². The molecule has 0 spiro atoms. The highest BCUT2D eigenvalue weighted by molar-refractivity contribution is 4.85. The van der Waals surface area contributed by atoms with Crippen molar-refractivity contribution in [1.29, 1.82) is 0 Å². The summed E-state index contributed by atoms with van der Waals surface area (Å²) in [5.74, 6) is 0. The van der Waals surface area contributed by atoms with E-state index in [-0.39, 0.29) is 0 Å². The average molecular weight is 184 g/mol. The van der Waals surface area contributed by atoms with Gasteiger partial charge in [-0.05, 0) is 25.7 Å². The molecule has 0 bridgehead atoms. The summed E-state index contributed by atoms with van der Waals surface area (Å²) in [5.41, 5.74) is 0.296. The van der Waals surface area contributed by atoms with Crippen LogP contribution in [0.4, 0.5) is 0 Å². The summed E-state index contributed by atoms with van der Waals surface area (Å²) < 4.78 is 6.07. The molecule has 0 saturated heterocycles. The number of hydrogen-bond donors (Lipinski definition) is 0. The summed E-state index contributed by atoms with van der Waals surface area (Å²) in [6, 6.07) is 0. The molecule has 0 aromatic rings. The fourth-order valence-corrected chi connectivity index (χ4v) is 2.37. The van der Waals surface area contributed by atoms with Gasteiger partial charge in [-0.1, -0.05) is 39.5 Å². The maximum atomic E-state index is 6.07. The highest BCUT2D eigenvalue weighted by Crippen LogP contribution is 2.37. The first kappa shape index (κ1) is 11.0. The van der Waals surface area contributed by atoms with Crippen LogP contribution in [0.2, 0.25) is 0 Å². The zero-order chi connectivity index (χ0) is 9.57. The third-order valence-electron chi connectivity index (χ3n) is 3.13. The number of ether oxygens (including phenoxy) is 1. The van der Waals surface area contributed by atoms with Crippen molar-refractivity contribution in [1.82, 2.24) is 0 Å². The Labute approximate surface area is 82.9 Å². The molecule has 1 rings (SSSR count). The Morgan fingerprint density at radius 1 is 1.08 bits per heavy atom. The lowest BCUT2D eigenvalue weighted by atomic mass is 9.96. The van der Waals surface area contributed by atoms with E-state index in [0.717, 1.165) is 6.61 Å². The first-order chi connectivity index (χ1) is 6.33. The molecule has 0 aromatic carbocycles. The summed E-state index contributed by atoms with van der Waals surface area (Å²) in [5, 5.41) is 0. The third kappa shape index (κ3) is 3.30. The van der Waals surface area contributed by atoms with E-state index in [2.05, 4.69) is 13.8 Å². The van der Waals surface area contributed by atoms with Gasteiger partial charge in [0.1, 0.15) is 0 Å². The minimum atomic E-state index is 0.296. The lowest BCUT2D eigenvalue weighted by molar-refractivity contribution is -0.0480. The molecular formula is C12H24O. The van der Waals surface area contributed by atoms with Gasteiger partial charge in [0.25, 0.3) is 0 Å². The molecule has 1 nitrogen and oxygen atoms in total. The molecule has 0 unspecified atom stereocenters. The number of rotatable bonds is 6. The molecule has 0 radical (unpaired) electrons. The maximum absolute atomic E-state index is 6.07. The van der Waals surface area contributed by atoms with Gasteiger partial charge in [-0.2, -0.15) is 0 Å². The Kier molecular flexibility index (Phi) is 4.79. The predicted octanol–water partition coefficient (Wildman–Crippen LogP) is 3.92. The van der Waals surface area contributed by atoms with Crippen molar-refractivity contribution >= 4 is 0 Å². The van der Waals surface area contributed by atoms with E-state index >= 15 is 0 Å². The topological polar surface area (TPSA) is 9.23 Å². The third-order valence-corrected chi connectivity index (χ3v) is 3.13. The van der Waals surface area contributed by atoms with Crippen LogP contribution in [0.25, 0.3) is 0 Å². The van der Waals surface area contributed by atoms with Gasteiger partial charge < -0.3 is 4.74 Å². The lowest BCUT2D eigenvalue weighted by Gasteiger charge is -2.29. The van der Waals surface area contributed by atoms with Crippen LogP contribution in [0.5, 0.6) is 0 Å². The molecule has 0 aliphatic heterocycles. The summed E-state index contributed by atoms with van der Waals surface area (Å²) in [6.45, 7) is 5.48. The van der Waals surface area contributed by atoms with Crippen LogP contribution < -0.4 is 0 Å². The van der Waals surface area contributed by atoms with E-state index < -0.39 is 0 Å². The fourth-order valence-electron chi connectivity index (χ4n) is 2.37.